The highest BCUT2D eigenvalue weighted by molar-refractivity contribution is 14.1. The van der Waals surface area contributed by atoms with Crippen LogP contribution < -0.4 is 0 Å². The lowest BCUT2D eigenvalue weighted by atomic mass is 9.77. The Labute approximate surface area is 256 Å². The number of fused-ring (bicyclic) bond motifs is 1. The number of benzene rings is 2. The van der Waals surface area contributed by atoms with Gasteiger partial charge in [0.2, 0.25) is 0 Å². The summed E-state index contributed by atoms with van der Waals surface area (Å²) >= 11 is 6.54. The maximum atomic E-state index is 13.9. The van der Waals surface area contributed by atoms with E-state index in [2.05, 4.69) is 67.8 Å². The molecule has 3 aliphatic carbocycles. The van der Waals surface area contributed by atoms with E-state index in [0.29, 0.717) is 12.0 Å². The van der Waals surface area contributed by atoms with Crippen LogP contribution in [0.3, 0.4) is 0 Å². The van der Waals surface area contributed by atoms with Crippen molar-refractivity contribution in [1.82, 2.24) is 0 Å². The number of carbonyl (C=O) groups excluding carboxylic acids is 3. The Kier molecular flexibility index (Phi) is 7.25. The molecule has 194 valence electrons. The molecule has 0 aromatic heterocycles. The Morgan fingerprint density at radius 3 is 2.43 bits per heavy atom. The molecule has 4 fully saturated rings. The summed E-state index contributed by atoms with van der Waals surface area (Å²) in [5.41, 5.74) is 0.814. The first-order valence-electron chi connectivity index (χ1n) is 12.6. The second-order valence-electron chi connectivity index (χ2n) is 10.5. The van der Waals surface area contributed by atoms with E-state index in [9.17, 15) is 14.4 Å². The fourth-order valence-corrected chi connectivity index (χ4v) is 9.31. The molecule has 9 heteroatoms. The first-order chi connectivity index (χ1) is 17.8. The molecule has 6 unspecified atom stereocenters. The zero-order valence-electron chi connectivity index (χ0n) is 19.8. The van der Waals surface area contributed by atoms with Crippen LogP contribution in [0.1, 0.15) is 54.4 Å². The Bertz CT molecular complexity index is 1260. The molecular weight excluding hydrogens is 813 g/mol. The van der Waals surface area contributed by atoms with Crippen LogP contribution in [0, 0.1) is 34.4 Å². The van der Waals surface area contributed by atoms with Gasteiger partial charge in [0.05, 0.1) is 17.4 Å². The van der Waals surface area contributed by atoms with Gasteiger partial charge in [-0.1, -0.05) is 36.8 Å². The van der Waals surface area contributed by atoms with Crippen LogP contribution in [0.2, 0.25) is 0 Å². The molecule has 2 aromatic carbocycles. The van der Waals surface area contributed by atoms with Gasteiger partial charge in [-0.05, 0) is 118 Å². The Balaban J connectivity index is 1.27. The topological polar surface area (TPSA) is 78.9 Å². The van der Waals surface area contributed by atoms with Crippen LogP contribution in [0.5, 0.6) is 0 Å². The van der Waals surface area contributed by atoms with Gasteiger partial charge >= 0.3 is 17.9 Å². The summed E-state index contributed by atoms with van der Waals surface area (Å²) in [7, 11) is 0. The minimum Gasteiger partial charge on any atom is -0.458 e. The van der Waals surface area contributed by atoms with Gasteiger partial charge in [0.25, 0.3) is 0 Å². The van der Waals surface area contributed by atoms with E-state index in [-0.39, 0.29) is 23.8 Å². The van der Waals surface area contributed by atoms with Crippen LogP contribution in [0.4, 0.5) is 0 Å². The van der Waals surface area contributed by atoms with Crippen molar-refractivity contribution in [2.45, 2.75) is 56.3 Å². The fraction of sp³-hybridized carbons (Fsp3) is 0.464. The van der Waals surface area contributed by atoms with Gasteiger partial charge in [-0.25, -0.2) is 4.79 Å². The fourth-order valence-electron chi connectivity index (χ4n) is 6.94. The zero-order valence-corrected chi connectivity index (χ0v) is 26.3. The zero-order chi connectivity index (χ0) is 25.9. The van der Waals surface area contributed by atoms with Gasteiger partial charge in [-0.3, -0.25) is 9.59 Å². The molecule has 0 amide bonds. The molecule has 3 saturated carbocycles. The Morgan fingerprint density at radius 2 is 1.70 bits per heavy atom. The number of hydrogen-bond donors (Lipinski definition) is 0. The molecule has 37 heavy (non-hydrogen) atoms. The van der Waals surface area contributed by atoms with E-state index in [4.69, 9.17) is 14.2 Å². The van der Waals surface area contributed by atoms with Crippen molar-refractivity contribution in [2.75, 3.05) is 0 Å². The van der Waals surface area contributed by atoms with Crippen LogP contribution in [-0.2, 0) is 29.4 Å². The maximum absolute atomic E-state index is 13.9. The van der Waals surface area contributed by atoms with Crippen LogP contribution in [0.25, 0.3) is 0 Å². The highest BCUT2D eigenvalue weighted by atomic mass is 127. The number of halogens is 3. The van der Waals surface area contributed by atoms with Gasteiger partial charge in [-0.15, -0.1) is 0 Å². The Hall–Kier alpha value is -0.960. The first-order valence-corrected chi connectivity index (χ1v) is 15.9. The molecule has 2 bridgehead atoms. The van der Waals surface area contributed by atoms with E-state index in [0.717, 1.165) is 48.4 Å². The third kappa shape index (κ3) is 4.52. The van der Waals surface area contributed by atoms with Gasteiger partial charge < -0.3 is 14.2 Å². The monoisotopic (exact) mass is 838 g/mol. The summed E-state index contributed by atoms with van der Waals surface area (Å²) in [6, 6.07) is 13.8. The molecule has 0 spiro atoms. The van der Waals surface area contributed by atoms with E-state index < -0.39 is 35.6 Å². The average molecular weight is 838 g/mol. The lowest BCUT2D eigenvalue weighted by molar-refractivity contribution is -0.176. The Morgan fingerprint density at radius 1 is 0.973 bits per heavy atom. The maximum Gasteiger partial charge on any atom is 0.339 e. The molecule has 2 aromatic rings. The largest absolute Gasteiger partial charge is 0.458 e. The lowest BCUT2D eigenvalue weighted by Crippen LogP contribution is -2.46. The van der Waals surface area contributed by atoms with Gasteiger partial charge in [-0.2, -0.15) is 0 Å². The van der Waals surface area contributed by atoms with Crippen molar-refractivity contribution >= 4 is 85.7 Å². The number of esters is 3. The van der Waals surface area contributed by atoms with E-state index >= 15 is 0 Å². The normalized spacial score (nSPS) is 31.2. The summed E-state index contributed by atoms with van der Waals surface area (Å²) in [4.78, 5) is 40.1. The summed E-state index contributed by atoms with van der Waals surface area (Å²) in [6.07, 6.45) is 4.10. The first kappa shape index (κ1) is 26.3. The summed E-state index contributed by atoms with van der Waals surface area (Å²) in [5.74, 6) is -2.77. The second kappa shape index (κ2) is 10.2. The predicted molar refractivity (Wildman–Crippen MR) is 160 cm³/mol. The molecule has 6 atom stereocenters. The van der Waals surface area contributed by atoms with E-state index in [1.165, 1.54) is 0 Å². The van der Waals surface area contributed by atoms with Crippen molar-refractivity contribution in [3.63, 3.8) is 0 Å². The van der Waals surface area contributed by atoms with Crippen molar-refractivity contribution in [3.8, 4) is 0 Å². The summed E-state index contributed by atoms with van der Waals surface area (Å²) in [6.45, 7) is 0. The number of rotatable bonds is 5. The van der Waals surface area contributed by atoms with Crippen molar-refractivity contribution < 1.29 is 28.6 Å². The van der Waals surface area contributed by atoms with Crippen molar-refractivity contribution in [2.24, 2.45) is 23.7 Å². The number of carbonyl (C=O) groups is 3. The molecule has 1 heterocycles. The predicted octanol–water partition coefficient (Wildman–Crippen LogP) is 6.24. The molecule has 0 radical (unpaired) electrons. The molecule has 6 rings (SSSR count). The minimum absolute atomic E-state index is 0.123. The molecular formula is C28H25I3O6. The van der Waals surface area contributed by atoms with Gasteiger partial charge in [0.1, 0.15) is 17.8 Å². The summed E-state index contributed by atoms with van der Waals surface area (Å²) in [5, 5.41) is 0. The molecule has 1 saturated heterocycles. The SMILES string of the molecule is O=C(OC1C2CC3C1OC(=O)C3C2C(=O)OC1(c2ccccc2)CCCCC1)c1cc(I)cc(I)c1I. The van der Waals surface area contributed by atoms with Crippen molar-refractivity contribution in [3.05, 3.63) is 64.3 Å². The molecule has 4 aliphatic rings. The quantitative estimate of drug-likeness (QED) is 0.154. The molecule has 0 N–H and O–H groups in total. The highest BCUT2D eigenvalue weighted by Crippen LogP contribution is 2.59. The molecule has 1 aliphatic heterocycles. The minimum atomic E-state index is -0.681. The number of hydrogen-bond acceptors (Lipinski definition) is 6. The third-order valence-electron chi connectivity index (χ3n) is 8.53. The van der Waals surface area contributed by atoms with Crippen molar-refractivity contribution in [1.29, 1.82) is 0 Å². The van der Waals surface area contributed by atoms with E-state index in [1.54, 1.807) is 0 Å². The number of ether oxygens (including phenoxy) is 3. The molecule has 6 nitrogen and oxygen atoms in total. The van der Waals surface area contributed by atoms with Crippen LogP contribution in [-0.4, -0.2) is 30.1 Å². The van der Waals surface area contributed by atoms with E-state index in [1.807, 2.05) is 42.5 Å². The standard InChI is InChI=1S/C28H25I3O6/c29-15-11-18(22(31)19(30)12-15)25(32)35-23-17-13-16-20(26(33)36-24(16)23)21(17)27(34)37-28(9-5-2-6-10-28)14-7-3-1-4-8-14/h1,3-4,7-8,11-12,16-17,20-21,23-24H,2,5-6,9-10,13H2. The summed E-state index contributed by atoms with van der Waals surface area (Å²) < 4.78 is 20.9. The van der Waals surface area contributed by atoms with Crippen LogP contribution in [0.15, 0.2) is 42.5 Å². The lowest BCUT2D eigenvalue weighted by Gasteiger charge is -2.39. The van der Waals surface area contributed by atoms with Gasteiger partial charge in [0.15, 0.2) is 0 Å². The third-order valence-corrected chi connectivity index (χ3v) is 12.2. The smallest absolute Gasteiger partial charge is 0.339 e. The highest BCUT2D eigenvalue weighted by Gasteiger charge is 2.70. The second-order valence-corrected chi connectivity index (χ2v) is 14.0. The van der Waals surface area contributed by atoms with Gasteiger partial charge in [0, 0.05) is 22.5 Å². The van der Waals surface area contributed by atoms with Crippen LogP contribution >= 0.6 is 67.8 Å². The average Bonchev–Trinajstić information content (AvgIpc) is 3.51.